The van der Waals surface area contributed by atoms with Gasteiger partial charge in [-0.3, -0.25) is 0 Å². The Kier molecular flexibility index (Phi) is 1.89. The van der Waals surface area contributed by atoms with Gasteiger partial charge >= 0.3 is 52.6 Å². The molecule has 2 nitrogen and oxygen atoms in total. The standard InChI is InChI=1S/C5H5NOSe/c7-6-4-5-2-1-3-8-5/h1-4,7H. The van der Waals surface area contributed by atoms with Gasteiger partial charge in [0.05, 0.1) is 0 Å². The van der Waals surface area contributed by atoms with Crippen molar-refractivity contribution in [2.45, 2.75) is 0 Å². The summed E-state index contributed by atoms with van der Waals surface area (Å²) in [7, 11) is 0. The monoisotopic (exact) mass is 175 g/mol. The van der Waals surface area contributed by atoms with Gasteiger partial charge in [-0.05, 0) is 0 Å². The summed E-state index contributed by atoms with van der Waals surface area (Å²) in [6.45, 7) is 0. The van der Waals surface area contributed by atoms with Crippen molar-refractivity contribution in [3.63, 3.8) is 0 Å². The van der Waals surface area contributed by atoms with E-state index in [-0.39, 0.29) is 0 Å². The van der Waals surface area contributed by atoms with Crippen LogP contribution in [-0.4, -0.2) is 25.9 Å². The SMILES string of the molecule is ON=Cc1ccc[se]1. The summed E-state index contributed by atoms with van der Waals surface area (Å²) in [4.78, 5) is 2.07. The Morgan fingerprint density at radius 3 is 3.12 bits per heavy atom. The van der Waals surface area contributed by atoms with Crippen molar-refractivity contribution in [2.75, 3.05) is 0 Å². The summed E-state index contributed by atoms with van der Waals surface area (Å²) in [5.41, 5.74) is 0. The van der Waals surface area contributed by atoms with E-state index in [4.69, 9.17) is 5.21 Å². The predicted molar refractivity (Wildman–Crippen MR) is 32.8 cm³/mol. The molecule has 0 aromatic carbocycles. The molecule has 0 saturated carbocycles. The average molecular weight is 174 g/mol. The zero-order valence-corrected chi connectivity index (χ0v) is 5.83. The van der Waals surface area contributed by atoms with E-state index in [0.717, 1.165) is 4.44 Å². The number of nitrogens with zero attached hydrogens (tertiary/aromatic N) is 1. The fraction of sp³-hybridized carbons (Fsp3) is 0. The van der Waals surface area contributed by atoms with Crippen LogP contribution in [0.15, 0.2) is 22.2 Å². The van der Waals surface area contributed by atoms with E-state index in [0.29, 0.717) is 14.5 Å². The molecule has 1 N–H and O–H groups in total. The van der Waals surface area contributed by atoms with Gasteiger partial charge in [0.25, 0.3) is 0 Å². The second-order valence-corrected chi connectivity index (χ2v) is 3.31. The van der Waals surface area contributed by atoms with Crippen LogP contribution < -0.4 is 0 Å². The second kappa shape index (κ2) is 2.70. The Morgan fingerprint density at radius 1 is 1.75 bits per heavy atom. The molecule has 0 amide bonds. The molecule has 0 aliphatic rings. The Morgan fingerprint density at radius 2 is 2.62 bits per heavy atom. The zero-order valence-electron chi connectivity index (χ0n) is 4.11. The van der Waals surface area contributed by atoms with E-state index in [1.54, 1.807) is 0 Å². The molecule has 1 heterocycles. The van der Waals surface area contributed by atoms with Crippen molar-refractivity contribution in [1.82, 2.24) is 0 Å². The average Bonchev–Trinajstić information content (AvgIpc) is 2.19. The van der Waals surface area contributed by atoms with Crippen LogP contribution in [0.4, 0.5) is 0 Å². The maximum atomic E-state index is 8.04. The topological polar surface area (TPSA) is 32.6 Å². The van der Waals surface area contributed by atoms with Crippen molar-refractivity contribution < 1.29 is 5.21 Å². The van der Waals surface area contributed by atoms with Crippen LogP contribution in [-0.2, 0) is 0 Å². The summed E-state index contributed by atoms with van der Waals surface area (Å²) >= 11 is 0.409. The molecule has 1 aromatic heterocycles. The van der Waals surface area contributed by atoms with E-state index >= 15 is 0 Å². The van der Waals surface area contributed by atoms with Crippen molar-refractivity contribution in [2.24, 2.45) is 5.16 Å². The molecule has 0 fully saturated rings. The van der Waals surface area contributed by atoms with Crippen LogP contribution in [0.2, 0.25) is 0 Å². The summed E-state index contributed by atoms with van der Waals surface area (Å²) in [5.74, 6) is 0. The van der Waals surface area contributed by atoms with Gasteiger partial charge < -0.3 is 0 Å². The molecular weight excluding hydrogens is 169 g/mol. The van der Waals surface area contributed by atoms with Crippen LogP contribution >= 0.6 is 0 Å². The van der Waals surface area contributed by atoms with E-state index in [2.05, 4.69) is 10.1 Å². The zero-order chi connectivity index (χ0) is 5.82. The first-order valence-corrected chi connectivity index (χ1v) is 3.99. The van der Waals surface area contributed by atoms with E-state index in [9.17, 15) is 0 Å². The summed E-state index contributed by atoms with van der Waals surface area (Å²) in [6, 6.07) is 3.91. The first-order valence-electron chi connectivity index (χ1n) is 2.14. The molecule has 0 aliphatic carbocycles. The van der Waals surface area contributed by atoms with Crippen molar-refractivity contribution in [1.29, 1.82) is 0 Å². The van der Waals surface area contributed by atoms with Crippen molar-refractivity contribution in [3.05, 3.63) is 21.5 Å². The van der Waals surface area contributed by atoms with Crippen LogP contribution in [0.25, 0.3) is 0 Å². The van der Waals surface area contributed by atoms with Crippen molar-refractivity contribution >= 4 is 20.7 Å². The van der Waals surface area contributed by atoms with Gasteiger partial charge in [-0.1, -0.05) is 0 Å². The molecule has 42 valence electrons. The van der Waals surface area contributed by atoms with Gasteiger partial charge in [-0.25, -0.2) is 0 Å². The molecule has 0 unspecified atom stereocenters. The Bertz CT molecular complexity index is 169. The third-order valence-electron chi connectivity index (χ3n) is 0.728. The minimum absolute atomic E-state index is 0.409. The third-order valence-corrected chi connectivity index (χ3v) is 2.42. The molecule has 0 atom stereocenters. The fourth-order valence-electron chi connectivity index (χ4n) is 0.422. The first-order chi connectivity index (χ1) is 3.93. The van der Waals surface area contributed by atoms with Crippen LogP contribution in [0, 0.1) is 0 Å². The Labute approximate surface area is 53.2 Å². The fourth-order valence-corrected chi connectivity index (χ4v) is 1.64. The number of rotatable bonds is 1. The molecule has 0 spiro atoms. The van der Waals surface area contributed by atoms with E-state index in [1.807, 2.05) is 12.1 Å². The summed E-state index contributed by atoms with van der Waals surface area (Å²) < 4.78 is 1.11. The Hall–Kier alpha value is -0.531. The first kappa shape index (κ1) is 5.60. The second-order valence-electron chi connectivity index (χ2n) is 1.26. The van der Waals surface area contributed by atoms with Crippen LogP contribution in [0.3, 0.4) is 0 Å². The van der Waals surface area contributed by atoms with Crippen LogP contribution in [0.1, 0.15) is 4.44 Å². The third kappa shape index (κ3) is 1.22. The van der Waals surface area contributed by atoms with Gasteiger partial charge in [0.1, 0.15) is 0 Å². The molecule has 0 saturated heterocycles. The quantitative estimate of drug-likeness (QED) is 0.287. The van der Waals surface area contributed by atoms with E-state index in [1.165, 1.54) is 6.21 Å². The molecule has 1 aromatic rings. The molecule has 0 aliphatic heterocycles. The van der Waals surface area contributed by atoms with Gasteiger partial charge in [-0.2, -0.15) is 0 Å². The normalized spacial score (nSPS) is 10.5. The van der Waals surface area contributed by atoms with Gasteiger partial charge in [-0.15, -0.1) is 0 Å². The number of oxime groups is 1. The van der Waals surface area contributed by atoms with Gasteiger partial charge in [0.2, 0.25) is 0 Å². The van der Waals surface area contributed by atoms with Crippen LogP contribution in [0.5, 0.6) is 0 Å². The van der Waals surface area contributed by atoms with E-state index < -0.39 is 0 Å². The molecular formula is C5H5NOSe. The number of hydrogen-bond donors (Lipinski definition) is 1. The van der Waals surface area contributed by atoms with Gasteiger partial charge in [0, 0.05) is 0 Å². The summed E-state index contributed by atoms with van der Waals surface area (Å²) in [5, 5.41) is 10.9. The maximum absolute atomic E-state index is 8.04. The predicted octanol–water partition coefficient (Wildman–Crippen LogP) is 0.552. The molecule has 0 bridgehead atoms. The molecule has 3 heteroatoms. The molecule has 8 heavy (non-hydrogen) atoms. The van der Waals surface area contributed by atoms with Crippen molar-refractivity contribution in [3.8, 4) is 0 Å². The minimum atomic E-state index is 0.409. The summed E-state index contributed by atoms with van der Waals surface area (Å²) in [6.07, 6.45) is 1.47. The molecule has 0 radical (unpaired) electrons. The molecule has 1 rings (SSSR count). The number of hydrogen-bond acceptors (Lipinski definition) is 2. The Balaban J connectivity index is 2.77. The van der Waals surface area contributed by atoms with Gasteiger partial charge in [0.15, 0.2) is 0 Å².